The van der Waals surface area contributed by atoms with Crippen molar-refractivity contribution in [2.75, 3.05) is 24.6 Å². The largest absolute Gasteiger partial charge is 0.376 e. The first-order chi connectivity index (χ1) is 19.8. The number of halogens is 1. The van der Waals surface area contributed by atoms with Gasteiger partial charge in [-0.15, -0.1) is 0 Å². The molecule has 0 bridgehead atoms. The zero-order valence-electron chi connectivity index (χ0n) is 22.3. The fraction of sp³-hybridized carbons (Fsp3) is 0.357. The highest BCUT2D eigenvalue weighted by atomic mass is 35.5. The molecular weight excluding hydrogens is 584 g/mol. The molecule has 4 aromatic rings. The maximum Gasteiger partial charge on any atom is 0.263 e. The van der Waals surface area contributed by atoms with E-state index in [9.17, 15) is 13.6 Å². The molecule has 214 valence electrons. The third kappa shape index (κ3) is 5.40. The average Bonchev–Trinajstić information content (AvgIpc) is 3.25. The monoisotopic (exact) mass is 612 g/mol. The summed E-state index contributed by atoms with van der Waals surface area (Å²) in [5, 5.41) is 1.19. The van der Waals surface area contributed by atoms with Gasteiger partial charge in [-0.05, 0) is 43.5 Å². The van der Waals surface area contributed by atoms with E-state index in [1.807, 2.05) is 13.0 Å². The van der Waals surface area contributed by atoms with Crippen LogP contribution >= 0.6 is 23.4 Å². The van der Waals surface area contributed by atoms with E-state index in [4.69, 9.17) is 22.1 Å². The molecular formula is C28H29ClN6O4S2. The van der Waals surface area contributed by atoms with Crippen molar-refractivity contribution in [1.29, 1.82) is 0 Å². The van der Waals surface area contributed by atoms with Crippen LogP contribution in [0.4, 0.5) is 5.82 Å². The quantitative estimate of drug-likeness (QED) is 0.308. The first-order valence-electron chi connectivity index (χ1n) is 13.2. The fourth-order valence-corrected chi connectivity index (χ4v) is 7.33. The Balaban J connectivity index is 1.20. The summed E-state index contributed by atoms with van der Waals surface area (Å²) in [6.45, 7) is 4.54. The van der Waals surface area contributed by atoms with Crippen molar-refractivity contribution in [2.24, 2.45) is 11.1 Å². The van der Waals surface area contributed by atoms with Crippen LogP contribution in [0.15, 0.2) is 74.7 Å². The molecule has 0 amide bonds. The van der Waals surface area contributed by atoms with Gasteiger partial charge in [-0.3, -0.25) is 9.36 Å². The maximum atomic E-state index is 13.4. The predicted octanol–water partition coefficient (Wildman–Crippen LogP) is 3.95. The molecule has 2 aliphatic rings. The van der Waals surface area contributed by atoms with Gasteiger partial charge in [0.05, 0.1) is 58.8 Å². The van der Waals surface area contributed by atoms with Crippen LogP contribution in [0.5, 0.6) is 0 Å². The van der Waals surface area contributed by atoms with Gasteiger partial charge in [0.25, 0.3) is 5.56 Å². The van der Waals surface area contributed by atoms with Gasteiger partial charge in [0.15, 0.2) is 11.1 Å². The molecule has 2 saturated heterocycles. The number of nitrogens with two attached hydrogens (primary N) is 1. The third-order valence-corrected chi connectivity index (χ3v) is 10.4. The molecule has 2 aromatic heterocycles. The van der Waals surface area contributed by atoms with Gasteiger partial charge >= 0.3 is 0 Å². The molecule has 41 heavy (non-hydrogen) atoms. The van der Waals surface area contributed by atoms with Crippen LogP contribution in [0.25, 0.3) is 10.9 Å². The average molecular weight is 613 g/mol. The summed E-state index contributed by atoms with van der Waals surface area (Å²) in [5.41, 5.74) is 7.16. The number of fused-ring (bicyclic) bond motifs is 1. The molecule has 0 radical (unpaired) electrons. The van der Waals surface area contributed by atoms with Crippen LogP contribution in [-0.2, 0) is 22.4 Å². The van der Waals surface area contributed by atoms with Gasteiger partial charge in [-0.1, -0.05) is 41.6 Å². The number of ether oxygens (including phenoxy) is 1. The number of rotatable bonds is 6. The SMILES string of the molecule is C[C@@H]1OCC2(CCN(c3cnc(Sc4ccc5ncn(Cc6ccccc6S(=O)O)c(=O)c5c4Cl)cn3)CC2)[C@@H]1N. The standard InChI is InChI=1S/C28H29ClN6O4S2/c1-17-26(30)28(15-39-17)8-10-34(11-9-28)22-12-32-23(13-31-22)40-20-7-6-19-24(25(20)29)27(36)35(16-33-19)14-18-4-2-3-5-21(18)41(37)38/h2-7,12-13,16-17,26H,8-11,14-15,30H2,1H3,(H,37,38)/t17-,26+/m0/s1. The fourth-order valence-electron chi connectivity index (χ4n) is 5.66. The second-order valence-electron chi connectivity index (χ2n) is 10.5. The van der Waals surface area contributed by atoms with E-state index in [1.54, 1.807) is 42.7 Å². The van der Waals surface area contributed by atoms with Gasteiger partial charge in [0.1, 0.15) is 10.8 Å². The minimum Gasteiger partial charge on any atom is -0.376 e. The highest BCUT2D eigenvalue weighted by molar-refractivity contribution is 7.99. The third-order valence-electron chi connectivity index (χ3n) is 8.16. The lowest BCUT2D eigenvalue weighted by molar-refractivity contribution is 0.0974. The topological polar surface area (TPSA) is 136 Å². The second kappa shape index (κ2) is 11.4. The summed E-state index contributed by atoms with van der Waals surface area (Å²) in [6, 6.07) is 10.3. The van der Waals surface area contributed by atoms with Crippen LogP contribution in [0.2, 0.25) is 5.02 Å². The Bertz CT molecular complexity index is 1680. The van der Waals surface area contributed by atoms with E-state index < -0.39 is 11.1 Å². The number of aromatic nitrogens is 4. The molecule has 10 nitrogen and oxygen atoms in total. The van der Waals surface area contributed by atoms with Crippen LogP contribution < -0.4 is 16.2 Å². The first kappa shape index (κ1) is 28.3. The normalized spacial score (nSPS) is 21.0. The van der Waals surface area contributed by atoms with Crippen molar-refractivity contribution in [3.8, 4) is 0 Å². The predicted molar refractivity (Wildman–Crippen MR) is 159 cm³/mol. The van der Waals surface area contributed by atoms with Crippen LogP contribution in [-0.4, -0.2) is 60.1 Å². The number of nitrogens with zero attached hydrogens (tertiary/aromatic N) is 5. The van der Waals surface area contributed by atoms with Crippen molar-refractivity contribution in [3.63, 3.8) is 0 Å². The number of hydrogen-bond donors (Lipinski definition) is 2. The summed E-state index contributed by atoms with van der Waals surface area (Å²) < 4.78 is 28.6. The lowest BCUT2D eigenvalue weighted by atomic mass is 9.73. The number of piperidine rings is 1. The zero-order chi connectivity index (χ0) is 28.7. The lowest BCUT2D eigenvalue weighted by Crippen LogP contribution is -2.50. The lowest BCUT2D eigenvalue weighted by Gasteiger charge is -2.41. The number of hydrogen-bond acceptors (Lipinski definition) is 9. The Morgan fingerprint density at radius 2 is 1.95 bits per heavy atom. The van der Waals surface area contributed by atoms with Crippen molar-refractivity contribution in [1.82, 2.24) is 19.5 Å². The van der Waals surface area contributed by atoms with Crippen molar-refractivity contribution in [2.45, 2.75) is 53.3 Å². The van der Waals surface area contributed by atoms with E-state index in [0.29, 0.717) is 27.6 Å². The van der Waals surface area contributed by atoms with Gasteiger partial charge in [0.2, 0.25) is 0 Å². The number of benzene rings is 2. The van der Waals surface area contributed by atoms with Crippen LogP contribution in [0.1, 0.15) is 25.3 Å². The molecule has 13 heteroatoms. The highest BCUT2D eigenvalue weighted by Gasteiger charge is 2.47. The smallest absolute Gasteiger partial charge is 0.263 e. The molecule has 0 saturated carbocycles. The van der Waals surface area contributed by atoms with E-state index >= 15 is 0 Å². The summed E-state index contributed by atoms with van der Waals surface area (Å²) in [7, 11) is 0. The Labute approximate surface area is 248 Å². The Morgan fingerprint density at radius 3 is 2.63 bits per heavy atom. The minimum atomic E-state index is -2.18. The molecule has 3 N–H and O–H groups in total. The zero-order valence-corrected chi connectivity index (χ0v) is 24.7. The van der Waals surface area contributed by atoms with E-state index in [1.165, 1.54) is 22.7 Å². The Morgan fingerprint density at radius 1 is 1.17 bits per heavy atom. The highest BCUT2D eigenvalue weighted by Crippen LogP contribution is 2.42. The molecule has 6 rings (SSSR count). The Hall–Kier alpha value is -2.87. The second-order valence-corrected chi connectivity index (χ2v) is 12.9. The summed E-state index contributed by atoms with van der Waals surface area (Å²) in [6.07, 6.45) is 6.90. The molecule has 2 aliphatic heterocycles. The minimum absolute atomic E-state index is 0.0421. The van der Waals surface area contributed by atoms with Gasteiger partial charge < -0.3 is 19.9 Å². The van der Waals surface area contributed by atoms with Gasteiger partial charge in [-0.2, -0.15) is 0 Å². The van der Waals surface area contributed by atoms with Crippen molar-refractivity contribution in [3.05, 3.63) is 76.1 Å². The van der Waals surface area contributed by atoms with Crippen molar-refractivity contribution < 1.29 is 13.5 Å². The van der Waals surface area contributed by atoms with Crippen LogP contribution in [0.3, 0.4) is 0 Å². The molecule has 2 aromatic carbocycles. The van der Waals surface area contributed by atoms with E-state index in [2.05, 4.69) is 19.9 Å². The molecule has 1 unspecified atom stereocenters. The summed E-state index contributed by atoms with van der Waals surface area (Å²) in [4.78, 5) is 30.2. The molecule has 2 fully saturated rings. The summed E-state index contributed by atoms with van der Waals surface area (Å²) in [5.74, 6) is 0.811. The van der Waals surface area contributed by atoms with Crippen LogP contribution in [0, 0.1) is 5.41 Å². The Kier molecular flexibility index (Phi) is 7.88. The van der Waals surface area contributed by atoms with E-state index in [0.717, 1.165) is 31.7 Å². The van der Waals surface area contributed by atoms with Gasteiger partial charge in [-0.25, -0.2) is 19.2 Å². The maximum absolute atomic E-state index is 13.4. The molecule has 1 spiro atoms. The molecule has 4 heterocycles. The van der Waals surface area contributed by atoms with Gasteiger partial charge in [0, 0.05) is 29.4 Å². The molecule has 3 atom stereocenters. The molecule has 0 aliphatic carbocycles. The number of anilines is 1. The van der Waals surface area contributed by atoms with Crippen molar-refractivity contribution >= 4 is 51.2 Å². The summed E-state index contributed by atoms with van der Waals surface area (Å²) >= 11 is 5.89. The first-order valence-corrected chi connectivity index (χ1v) is 15.5. The van der Waals surface area contributed by atoms with E-state index in [-0.39, 0.29) is 45.0 Å².